The normalized spacial score (nSPS) is 23.5. The monoisotopic (exact) mass is 318 g/mol. The van der Waals surface area contributed by atoms with Crippen molar-refractivity contribution < 1.29 is 29.0 Å². The Morgan fingerprint density at radius 3 is 2.83 bits per heavy atom. The average molecular weight is 318 g/mol. The number of imide groups is 1. The van der Waals surface area contributed by atoms with E-state index in [-0.39, 0.29) is 25.0 Å². The molecule has 1 aromatic rings. The maximum atomic E-state index is 12.5. The van der Waals surface area contributed by atoms with Crippen molar-refractivity contribution in [3.8, 4) is 5.75 Å². The number of aldehydes is 1. The molecule has 0 aliphatic carbocycles. The number of hydrogen-bond donors (Lipinski definition) is 2. The third-order valence-corrected chi connectivity index (χ3v) is 3.89. The highest BCUT2D eigenvalue weighted by Gasteiger charge is 2.44. The first-order chi connectivity index (χ1) is 11.0. The van der Waals surface area contributed by atoms with Gasteiger partial charge in [-0.2, -0.15) is 0 Å². The van der Waals surface area contributed by atoms with E-state index < -0.39 is 30.0 Å². The number of hydrogen-bond acceptors (Lipinski definition) is 6. The van der Waals surface area contributed by atoms with E-state index in [1.54, 1.807) is 0 Å². The fourth-order valence-corrected chi connectivity index (χ4v) is 2.83. The zero-order chi connectivity index (χ0) is 16.6. The van der Waals surface area contributed by atoms with E-state index in [1.807, 2.05) is 0 Å². The molecule has 2 aliphatic heterocycles. The van der Waals surface area contributed by atoms with Crippen molar-refractivity contribution in [3.63, 3.8) is 0 Å². The Bertz CT molecular complexity index is 701. The molecule has 1 saturated heterocycles. The summed E-state index contributed by atoms with van der Waals surface area (Å²) in [4.78, 5) is 47.0. The highest BCUT2D eigenvalue weighted by molar-refractivity contribution is 6.05. The lowest BCUT2D eigenvalue weighted by molar-refractivity contribution is -0.139. The highest BCUT2D eigenvalue weighted by atomic mass is 16.5. The van der Waals surface area contributed by atoms with Crippen molar-refractivity contribution >= 4 is 24.0 Å². The Balaban J connectivity index is 1.88. The molecule has 2 aliphatic rings. The van der Waals surface area contributed by atoms with E-state index in [4.69, 9.17) is 4.74 Å². The van der Waals surface area contributed by atoms with Gasteiger partial charge < -0.3 is 9.84 Å². The number of fused-ring (bicyclic) bond motifs is 1. The van der Waals surface area contributed by atoms with Gasteiger partial charge >= 0.3 is 0 Å². The van der Waals surface area contributed by atoms with Crippen molar-refractivity contribution in [1.82, 2.24) is 10.2 Å². The van der Waals surface area contributed by atoms with Crippen molar-refractivity contribution in [2.24, 2.45) is 0 Å². The Morgan fingerprint density at radius 2 is 2.13 bits per heavy atom. The van der Waals surface area contributed by atoms with Gasteiger partial charge in [0.1, 0.15) is 18.4 Å². The Morgan fingerprint density at radius 1 is 1.35 bits per heavy atom. The number of ether oxygens (including phenoxy) is 1. The summed E-state index contributed by atoms with van der Waals surface area (Å²) in [7, 11) is 0. The molecule has 2 atom stereocenters. The van der Waals surface area contributed by atoms with E-state index in [0.29, 0.717) is 17.6 Å². The highest BCUT2D eigenvalue weighted by Crippen LogP contribution is 2.36. The second kappa shape index (κ2) is 5.81. The van der Waals surface area contributed by atoms with Crippen molar-refractivity contribution in [3.05, 3.63) is 29.3 Å². The van der Waals surface area contributed by atoms with Crippen LogP contribution >= 0.6 is 0 Å². The number of carbonyl (C=O) groups excluding carboxylic acids is 4. The van der Waals surface area contributed by atoms with Crippen LogP contribution in [0.15, 0.2) is 18.2 Å². The summed E-state index contributed by atoms with van der Waals surface area (Å²) < 4.78 is 5.15. The van der Waals surface area contributed by atoms with Crippen LogP contribution in [0.5, 0.6) is 5.75 Å². The number of rotatable bonds is 4. The number of carbonyl (C=O) groups is 4. The van der Waals surface area contributed by atoms with Gasteiger partial charge in [-0.3, -0.25) is 29.4 Å². The molecule has 2 heterocycles. The number of aliphatic hydroxyl groups excluding tert-OH is 1. The minimum absolute atomic E-state index is 0.108. The van der Waals surface area contributed by atoms with Gasteiger partial charge in [-0.25, -0.2) is 0 Å². The number of benzene rings is 1. The largest absolute Gasteiger partial charge is 0.486 e. The van der Waals surface area contributed by atoms with Crippen LogP contribution < -0.4 is 10.1 Å². The van der Waals surface area contributed by atoms with E-state index in [1.165, 1.54) is 18.2 Å². The van der Waals surface area contributed by atoms with Gasteiger partial charge in [-0.05, 0) is 24.6 Å². The first-order valence-corrected chi connectivity index (χ1v) is 7.07. The summed E-state index contributed by atoms with van der Waals surface area (Å²) in [5.41, 5.74) is 0.573. The lowest BCUT2D eigenvalue weighted by Crippen LogP contribution is -2.53. The first-order valence-electron chi connectivity index (χ1n) is 7.07. The molecule has 3 amide bonds. The third-order valence-electron chi connectivity index (χ3n) is 3.89. The molecule has 23 heavy (non-hydrogen) atoms. The summed E-state index contributed by atoms with van der Waals surface area (Å²) in [6.45, 7) is -0.139. The Kier molecular flexibility index (Phi) is 3.83. The maximum Gasteiger partial charge on any atom is 0.257 e. The van der Waals surface area contributed by atoms with Gasteiger partial charge in [-0.1, -0.05) is 0 Å². The number of nitrogens with one attached hydrogen (secondary N) is 1. The van der Waals surface area contributed by atoms with Crippen LogP contribution in [0, 0.1) is 0 Å². The molecule has 2 unspecified atom stereocenters. The van der Waals surface area contributed by atoms with Crippen molar-refractivity contribution in [1.29, 1.82) is 0 Å². The second-order valence-electron chi connectivity index (χ2n) is 5.28. The smallest absolute Gasteiger partial charge is 0.257 e. The van der Waals surface area contributed by atoms with Gasteiger partial charge in [0.2, 0.25) is 11.8 Å². The summed E-state index contributed by atoms with van der Waals surface area (Å²) in [6.07, 6.45) is -0.446. The minimum atomic E-state index is -1.30. The second-order valence-corrected chi connectivity index (χ2v) is 5.28. The van der Waals surface area contributed by atoms with E-state index in [2.05, 4.69) is 5.32 Å². The molecule has 2 N–H and O–H groups in total. The van der Waals surface area contributed by atoms with E-state index >= 15 is 0 Å². The molecule has 8 nitrogen and oxygen atoms in total. The standard InChI is InChI=1S/C15H14N2O6/c18-5-6-23-8-1-2-9-10(7-8)15(22)17(14(9)21)11-3-4-12(19)16-13(11)20/h1-2,5,7,11,15,22H,3-4,6H2,(H,16,19,20). The SMILES string of the molecule is O=CCOc1ccc2c(c1)C(O)N(C1CCC(=O)NC1=O)C2=O. The van der Waals surface area contributed by atoms with Gasteiger partial charge in [0.25, 0.3) is 5.91 Å². The summed E-state index contributed by atoms with van der Waals surface area (Å²) in [5.74, 6) is -1.13. The van der Waals surface area contributed by atoms with Crippen LogP contribution in [0.2, 0.25) is 0 Å². The maximum absolute atomic E-state index is 12.5. The molecule has 0 aromatic heterocycles. The topological polar surface area (TPSA) is 113 Å². The minimum Gasteiger partial charge on any atom is -0.486 e. The van der Waals surface area contributed by atoms with Gasteiger partial charge in [-0.15, -0.1) is 0 Å². The number of aliphatic hydroxyl groups is 1. The average Bonchev–Trinajstić information content (AvgIpc) is 2.77. The van der Waals surface area contributed by atoms with E-state index in [0.717, 1.165) is 4.90 Å². The quantitative estimate of drug-likeness (QED) is 0.572. The molecular formula is C15H14N2O6. The number of nitrogens with zero attached hydrogens (tertiary/aromatic N) is 1. The summed E-state index contributed by atoms with van der Waals surface area (Å²) >= 11 is 0. The van der Waals surface area contributed by atoms with Crippen LogP contribution in [-0.4, -0.2) is 46.7 Å². The predicted octanol–water partition coefficient (Wildman–Crippen LogP) is -0.484. The van der Waals surface area contributed by atoms with Crippen molar-refractivity contribution in [2.45, 2.75) is 25.1 Å². The number of amides is 3. The fourth-order valence-electron chi connectivity index (χ4n) is 2.83. The molecule has 1 aromatic carbocycles. The zero-order valence-corrected chi connectivity index (χ0v) is 12.0. The lowest BCUT2D eigenvalue weighted by atomic mass is 10.0. The van der Waals surface area contributed by atoms with E-state index in [9.17, 15) is 24.3 Å². The molecule has 1 fully saturated rings. The van der Waals surface area contributed by atoms with Gasteiger partial charge in [0.05, 0.1) is 0 Å². The Labute approximate surface area is 131 Å². The zero-order valence-electron chi connectivity index (χ0n) is 12.0. The van der Waals surface area contributed by atoms with Crippen LogP contribution in [0.25, 0.3) is 0 Å². The predicted molar refractivity (Wildman–Crippen MR) is 75.3 cm³/mol. The van der Waals surface area contributed by atoms with Gasteiger partial charge in [0, 0.05) is 17.5 Å². The fraction of sp³-hybridized carbons (Fsp3) is 0.333. The molecule has 0 saturated carbocycles. The lowest BCUT2D eigenvalue weighted by Gasteiger charge is -2.31. The van der Waals surface area contributed by atoms with Crippen LogP contribution in [0.1, 0.15) is 35.0 Å². The summed E-state index contributed by atoms with van der Waals surface area (Å²) in [6, 6.07) is 3.56. The third kappa shape index (κ3) is 2.57. The molecular weight excluding hydrogens is 304 g/mol. The molecule has 0 bridgehead atoms. The van der Waals surface area contributed by atoms with Crippen LogP contribution in [0.3, 0.4) is 0 Å². The molecule has 120 valence electrons. The molecule has 3 rings (SSSR count). The molecule has 0 spiro atoms. The molecule has 8 heteroatoms. The first kappa shape index (κ1) is 15.2. The van der Waals surface area contributed by atoms with Crippen LogP contribution in [0.4, 0.5) is 0 Å². The summed E-state index contributed by atoms with van der Waals surface area (Å²) in [5, 5.41) is 12.6. The van der Waals surface area contributed by atoms with Crippen LogP contribution in [-0.2, 0) is 14.4 Å². The molecule has 0 radical (unpaired) electrons. The van der Waals surface area contributed by atoms with Crippen molar-refractivity contribution in [2.75, 3.05) is 6.61 Å². The van der Waals surface area contributed by atoms with Gasteiger partial charge in [0.15, 0.2) is 12.5 Å². The Hall–Kier alpha value is -2.74. The number of piperidine rings is 1.